The highest BCUT2D eigenvalue weighted by molar-refractivity contribution is 6.02. The molecule has 0 spiro atoms. The number of nitrogens with zero attached hydrogens (tertiary/aromatic N) is 5. The van der Waals surface area contributed by atoms with Gasteiger partial charge in [0.1, 0.15) is 29.5 Å². The summed E-state index contributed by atoms with van der Waals surface area (Å²) in [5, 5.41) is 5.33. The van der Waals surface area contributed by atoms with Gasteiger partial charge in [0.2, 0.25) is 0 Å². The van der Waals surface area contributed by atoms with Gasteiger partial charge in [-0.15, -0.1) is 6.42 Å². The van der Waals surface area contributed by atoms with E-state index >= 15 is 4.39 Å². The number of rotatable bonds is 5. The van der Waals surface area contributed by atoms with Gasteiger partial charge in [0.15, 0.2) is 5.82 Å². The fourth-order valence-corrected chi connectivity index (χ4v) is 8.39. The minimum Gasteiger partial charge on any atom is -0.461 e. The van der Waals surface area contributed by atoms with Crippen molar-refractivity contribution in [2.75, 3.05) is 31.1 Å². The molecule has 5 aromatic rings. The molecule has 3 saturated heterocycles. The second kappa shape index (κ2) is 10.4. The first-order chi connectivity index (χ1) is 22.5. The minimum absolute atomic E-state index is 0.0569. The topological polar surface area (TPSA) is 66.4 Å². The van der Waals surface area contributed by atoms with Crippen LogP contribution in [0, 0.1) is 24.0 Å². The lowest BCUT2D eigenvalue weighted by Crippen LogP contribution is -2.51. The molecule has 3 aromatic carbocycles. The van der Waals surface area contributed by atoms with E-state index in [2.05, 4.69) is 50.3 Å². The third kappa shape index (κ3) is 4.13. The van der Waals surface area contributed by atoms with Crippen LogP contribution in [0.4, 0.5) is 14.6 Å². The van der Waals surface area contributed by atoms with Crippen LogP contribution >= 0.6 is 0 Å². The highest BCUT2D eigenvalue weighted by Gasteiger charge is 2.48. The average molecular weight is 615 g/mol. The van der Waals surface area contributed by atoms with Crippen LogP contribution in [0.15, 0.2) is 60.8 Å². The second-order valence-corrected chi connectivity index (χ2v) is 13.0. The van der Waals surface area contributed by atoms with Gasteiger partial charge in [-0.2, -0.15) is 9.97 Å². The van der Waals surface area contributed by atoms with Crippen LogP contribution in [0.1, 0.15) is 42.4 Å². The van der Waals surface area contributed by atoms with Gasteiger partial charge in [-0.3, -0.25) is 9.88 Å². The van der Waals surface area contributed by atoms with E-state index in [0.717, 1.165) is 51.9 Å². The number of hydrogen-bond donors (Lipinski definition) is 1. The van der Waals surface area contributed by atoms with Crippen molar-refractivity contribution in [3.05, 3.63) is 89.1 Å². The van der Waals surface area contributed by atoms with E-state index in [9.17, 15) is 4.39 Å². The molecule has 2 bridgehead atoms. The standard InChI is InChI=1S/C37H32F2N6O/c1-2-26-30(38)14-11-22-8-5-9-27(31(22)26)33-32(39)34-28(17-40-33)35(44-19-24-12-13-25(20-44)41-24)43-36(42-34)46-21-37-15-6-16-45(37)18-23-7-3-4-10-29(23)37/h1,3-5,7-11,14,17,24-25,41H,6,12-13,15-16,18-21H2. The molecule has 0 saturated carbocycles. The molecule has 6 heterocycles. The van der Waals surface area contributed by atoms with E-state index in [-0.39, 0.29) is 28.3 Å². The Kier molecular flexibility index (Phi) is 6.28. The molecule has 0 aliphatic carbocycles. The van der Waals surface area contributed by atoms with Crippen molar-refractivity contribution in [2.24, 2.45) is 0 Å². The number of terminal acetylenes is 1. The van der Waals surface area contributed by atoms with Gasteiger partial charge in [0.05, 0.1) is 16.5 Å². The first-order valence-corrected chi connectivity index (χ1v) is 16.0. The van der Waals surface area contributed by atoms with Crippen LogP contribution in [0.25, 0.3) is 32.9 Å². The molecule has 2 aromatic heterocycles. The Bertz CT molecular complexity index is 2080. The van der Waals surface area contributed by atoms with Gasteiger partial charge < -0.3 is 15.0 Å². The number of halogens is 2. The van der Waals surface area contributed by atoms with Crippen molar-refractivity contribution in [1.29, 1.82) is 0 Å². The predicted octanol–water partition coefficient (Wildman–Crippen LogP) is 5.93. The lowest BCUT2D eigenvalue weighted by molar-refractivity contribution is 0.0826. The molecule has 0 amide bonds. The van der Waals surface area contributed by atoms with Crippen molar-refractivity contribution >= 4 is 27.5 Å². The second-order valence-electron chi connectivity index (χ2n) is 13.0. The van der Waals surface area contributed by atoms with Crippen molar-refractivity contribution in [3.63, 3.8) is 0 Å². The molecule has 46 heavy (non-hydrogen) atoms. The number of hydrogen-bond acceptors (Lipinski definition) is 7. The first-order valence-electron chi connectivity index (χ1n) is 16.0. The number of fused-ring (bicyclic) bond motifs is 7. The van der Waals surface area contributed by atoms with Gasteiger partial charge >= 0.3 is 6.01 Å². The van der Waals surface area contributed by atoms with Crippen LogP contribution in [0.3, 0.4) is 0 Å². The number of piperazine rings is 1. The maximum atomic E-state index is 16.9. The highest BCUT2D eigenvalue weighted by atomic mass is 19.1. The molecule has 9 rings (SSSR count). The summed E-state index contributed by atoms with van der Waals surface area (Å²) in [5.74, 6) is 1.93. The molecule has 4 aliphatic heterocycles. The SMILES string of the molecule is C#Cc1c(F)ccc2cccc(-c3ncc4c(N5CC6CCC(C5)N6)nc(OCC56CCCN5Cc5ccccc56)nc4c3F)c12. The molecule has 3 unspecified atom stereocenters. The molecule has 230 valence electrons. The molecule has 0 radical (unpaired) electrons. The number of anilines is 1. The Hall–Kier alpha value is -4.65. The number of benzene rings is 3. The summed E-state index contributed by atoms with van der Waals surface area (Å²) in [5.41, 5.74) is 3.02. The zero-order valence-corrected chi connectivity index (χ0v) is 25.3. The van der Waals surface area contributed by atoms with Crippen molar-refractivity contribution in [2.45, 2.75) is 49.9 Å². The lowest BCUT2D eigenvalue weighted by atomic mass is 9.89. The van der Waals surface area contributed by atoms with Crippen molar-refractivity contribution in [3.8, 4) is 29.6 Å². The summed E-state index contributed by atoms with van der Waals surface area (Å²) < 4.78 is 38.2. The molecule has 4 aliphatic rings. The van der Waals surface area contributed by atoms with Crippen LogP contribution in [0.5, 0.6) is 6.01 Å². The molecule has 9 heteroatoms. The fraction of sp³-hybridized carbons (Fsp3) is 0.324. The number of ether oxygens (including phenoxy) is 1. The van der Waals surface area contributed by atoms with E-state index in [0.29, 0.717) is 46.2 Å². The van der Waals surface area contributed by atoms with Crippen molar-refractivity contribution < 1.29 is 13.5 Å². The summed E-state index contributed by atoms with van der Waals surface area (Å²) in [4.78, 5) is 19.0. The molecule has 3 atom stereocenters. The molecular weight excluding hydrogens is 582 g/mol. The lowest BCUT2D eigenvalue weighted by Gasteiger charge is -2.35. The molecule has 7 nitrogen and oxygen atoms in total. The Balaban J connectivity index is 1.18. The van der Waals surface area contributed by atoms with E-state index in [1.807, 2.05) is 6.07 Å². The van der Waals surface area contributed by atoms with Gasteiger partial charge in [-0.25, -0.2) is 8.78 Å². The Labute approximate surface area is 265 Å². The highest BCUT2D eigenvalue weighted by Crippen LogP contribution is 2.47. The number of aromatic nitrogens is 3. The molecule has 3 fully saturated rings. The number of nitrogens with one attached hydrogen (secondary N) is 1. The summed E-state index contributed by atoms with van der Waals surface area (Å²) in [6.45, 7) is 3.77. The summed E-state index contributed by atoms with van der Waals surface area (Å²) in [6.07, 6.45) is 11.6. The maximum absolute atomic E-state index is 16.9. The zero-order valence-electron chi connectivity index (χ0n) is 25.3. The van der Waals surface area contributed by atoms with Crippen LogP contribution in [-0.2, 0) is 12.1 Å². The zero-order chi connectivity index (χ0) is 31.0. The third-order valence-corrected chi connectivity index (χ3v) is 10.5. The third-order valence-electron chi connectivity index (χ3n) is 10.5. The van der Waals surface area contributed by atoms with Crippen LogP contribution in [0.2, 0.25) is 0 Å². The van der Waals surface area contributed by atoms with Crippen molar-refractivity contribution in [1.82, 2.24) is 25.2 Å². The maximum Gasteiger partial charge on any atom is 0.319 e. The monoisotopic (exact) mass is 614 g/mol. The normalized spacial score (nSPS) is 23.5. The van der Waals surface area contributed by atoms with Crippen LogP contribution in [-0.4, -0.2) is 58.2 Å². The quantitative estimate of drug-likeness (QED) is 0.246. The largest absolute Gasteiger partial charge is 0.461 e. The fourth-order valence-electron chi connectivity index (χ4n) is 8.39. The van der Waals surface area contributed by atoms with Gasteiger partial charge in [0, 0.05) is 48.9 Å². The summed E-state index contributed by atoms with van der Waals surface area (Å²) >= 11 is 0. The molecule has 1 N–H and O–H groups in total. The summed E-state index contributed by atoms with van der Waals surface area (Å²) in [6, 6.07) is 17.7. The van der Waals surface area contributed by atoms with E-state index in [1.165, 1.54) is 17.2 Å². The van der Waals surface area contributed by atoms with Gasteiger partial charge in [-0.1, -0.05) is 54.5 Å². The van der Waals surface area contributed by atoms with Gasteiger partial charge in [-0.05, 0) is 54.8 Å². The smallest absolute Gasteiger partial charge is 0.319 e. The minimum atomic E-state index is -0.615. The van der Waals surface area contributed by atoms with E-state index in [1.54, 1.807) is 24.4 Å². The first kappa shape index (κ1) is 27.6. The molecular formula is C37H32F2N6O. The predicted molar refractivity (Wildman–Crippen MR) is 174 cm³/mol. The Morgan fingerprint density at radius 3 is 2.72 bits per heavy atom. The van der Waals surface area contributed by atoms with E-state index < -0.39 is 11.6 Å². The van der Waals surface area contributed by atoms with E-state index in [4.69, 9.17) is 21.1 Å². The Morgan fingerprint density at radius 2 is 1.87 bits per heavy atom. The van der Waals surface area contributed by atoms with Crippen LogP contribution < -0.4 is 15.0 Å². The number of pyridine rings is 1. The van der Waals surface area contributed by atoms with Gasteiger partial charge in [0.25, 0.3) is 0 Å². The average Bonchev–Trinajstić information content (AvgIpc) is 3.74. The Morgan fingerprint density at radius 1 is 1.02 bits per heavy atom. The summed E-state index contributed by atoms with van der Waals surface area (Å²) in [7, 11) is 0.